The van der Waals surface area contributed by atoms with E-state index in [1.165, 1.54) is 14.0 Å². The summed E-state index contributed by atoms with van der Waals surface area (Å²) in [6.07, 6.45) is -0.926. The second kappa shape index (κ2) is 5.50. The summed E-state index contributed by atoms with van der Waals surface area (Å²) in [5, 5.41) is 13.5. The van der Waals surface area contributed by atoms with Crippen LogP contribution >= 0.6 is 0 Å². The molecule has 5 N–H and O–H groups in total. The number of likely N-dealkylation sites (N-methyl/N-ethyl adjacent to an activating group) is 1. The lowest BCUT2D eigenvalue weighted by Gasteiger charge is -2.13. The van der Waals surface area contributed by atoms with Gasteiger partial charge in [-0.1, -0.05) is 0 Å². The minimum atomic E-state index is -0.996. The van der Waals surface area contributed by atoms with Gasteiger partial charge in [0.2, 0.25) is 11.8 Å². The molecule has 6 heteroatoms. The van der Waals surface area contributed by atoms with E-state index < -0.39 is 18.1 Å². The number of nitrogens with one attached hydrogen (secondary N) is 2. The van der Waals surface area contributed by atoms with Gasteiger partial charge in [-0.2, -0.15) is 0 Å². The number of carbonyl (C=O) groups excluding carboxylic acids is 2. The lowest BCUT2D eigenvalue weighted by Crippen LogP contribution is -2.49. The lowest BCUT2D eigenvalue weighted by molar-refractivity contribution is -0.128. The molecule has 0 radical (unpaired) electrons. The fourth-order valence-corrected chi connectivity index (χ4v) is 0.593. The largest absolute Gasteiger partial charge is 0.391 e. The van der Waals surface area contributed by atoms with Gasteiger partial charge in [0, 0.05) is 7.05 Å². The van der Waals surface area contributed by atoms with Crippen LogP contribution in [0.25, 0.3) is 0 Å². The first kappa shape index (κ1) is 11.9. The van der Waals surface area contributed by atoms with Crippen LogP contribution in [0.3, 0.4) is 0 Å². The summed E-state index contributed by atoms with van der Waals surface area (Å²) in [5.41, 5.74) is 5.29. The third kappa shape index (κ3) is 4.44. The molecule has 0 saturated heterocycles. The Hall–Kier alpha value is -1.14. The van der Waals surface area contributed by atoms with Gasteiger partial charge in [-0.15, -0.1) is 0 Å². The molecule has 2 atom stereocenters. The van der Waals surface area contributed by atoms with E-state index in [1.807, 2.05) is 0 Å². The summed E-state index contributed by atoms with van der Waals surface area (Å²) >= 11 is 0. The summed E-state index contributed by atoms with van der Waals surface area (Å²) < 4.78 is 0. The molecule has 6 nitrogen and oxygen atoms in total. The van der Waals surface area contributed by atoms with Crippen LogP contribution in [0.2, 0.25) is 0 Å². The smallest absolute Gasteiger partial charge is 0.240 e. The van der Waals surface area contributed by atoms with Crippen molar-refractivity contribution in [1.29, 1.82) is 0 Å². The van der Waals surface area contributed by atoms with Crippen molar-refractivity contribution < 1.29 is 14.7 Å². The van der Waals surface area contributed by atoms with Crippen LogP contribution in [0, 0.1) is 0 Å². The van der Waals surface area contributed by atoms with E-state index in [1.54, 1.807) is 0 Å². The number of rotatable bonds is 4. The van der Waals surface area contributed by atoms with E-state index in [9.17, 15) is 9.59 Å². The van der Waals surface area contributed by atoms with Gasteiger partial charge < -0.3 is 21.5 Å². The quantitative estimate of drug-likeness (QED) is 0.394. The molecule has 76 valence electrons. The van der Waals surface area contributed by atoms with Crippen molar-refractivity contribution in [2.24, 2.45) is 5.73 Å². The first-order valence-corrected chi connectivity index (χ1v) is 3.91. The first-order chi connectivity index (χ1) is 5.99. The zero-order chi connectivity index (χ0) is 10.4. The predicted octanol–water partition coefficient (Wildman–Crippen LogP) is -2.44. The van der Waals surface area contributed by atoms with Crippen molar-refractivity contribution in [3.63, 3.8) is 0 Å². The number of aliphatic hydroxyl groups excluding tert-OH is 1. The molecule has 0 aromatic heterocycles. The zero-order valence-corrected chi connectivity index (χ0v) is 7.70. The summed E-state index contributed by atoms with van der Waals surface area (Å²) in [6, 6.07) is -0.996. The SMILES string of the molecule is CNC(=O)CNC(=O)[C@@H](N)[C@@H](C)O. The highest BCUT2D eigenvalue weighted by atomic mass is 16.3. The van der Waals surface area contributed by atoms with Crippen LogP contribution in [0.4, 0.5) is 0 Å². The Balaban J connectivity index is 3.81. The predicted molar refractivity (Wildman–Crippen MR) is 46.7 cm³/mol. The Kier molecular flexibility index (Phi) is 5.01. The molecule has 13 heavy (non-hydrogen) atoms. The van der Waals surface area contributed by atoms with Gasteiger partial charge in [-0.3, -0.25) is 9.59 Å². The van der Waals surface area contributed by atoms with Crippen molar-refractivity contribution in [2.75, 3.05) is 13.6 Å². The highest BCUT2D eigenvalue weighted by Crippen LogP contribution is 1.87. The summed E-state index contributed by atoms with van der Waals surface area (Å²) in [7, 11) is 1.46. The molecule has 2 amide bonds. The maximum Gasteiger partial charge on any atom is 0.240 e. The van der Waals surface area contributed by atoms with Gasteiger partial charge in [0.1, 0.15) is 6.04 Å². The average molecular weight is 189 g/mol. The fraction of sp³-hybridized carbons (Fsp3) is 0.714. The molecule has 0 unspecified atom stereocenters. The number of hydrogen-bond acceptors (Lipinski definition) is 4. The number of hydrogen-bond donors (Lipinski definition) is 4. The second-order valence-electron chi connectivity index (χ2n) is 2.66. The maximum atomic E-state index is 11.0. The highest BCUT2D eigenvalue weighted by molar-refractivity contribution is 5.87. The van der Waals surface area contributed by atoms with Crippen molar-refractivity contribution in [3.8, 4) is 0 Å². The van der Waals surface area contributed by atoms with Gasteiger partial charge >= 0.3 is 0 Å². The topological polar surface area (TPSA) is 104 Å². The Morgan fingerprint density at radius 1 is 1.54 bits per heavy atom. The third-order valence-electron chi connectivity index (χ3n) is 1.52. The monoisotopic (exact) mass is 189 g/mol. The van der Waals surface area contributed by atoms with Crippen molar-refractivity contribution in [1.82, 2.24) is 10.6 Å². The molecular weight excluding hydrogens is 174 g/mol. The van der Waals surface area contributed by atoms with Crippen molar-refractivity contribution in [3.05, 3.63) is 0 Å². The van der Waals surface area contributed by atoms with Crippen molar-refractivity contribution >= 4 is 11.8 Å². The van der Waals surface area contributed by atoms with Gasteiger partial charge in [0.25, 0.3) is 0 Å². The molecular formula is C7H15N3O3. The molecule has 0 heterocycles. The molecule has 0 aliphatic rings. The average Bonchev–Trinajstić information content (AvgIpc) is 2.11. The lowest BCUT2D eigenvalue weighted by atomic mass is 10.2. The third-order valence-corrected chi connectivity index (χ3v) is 1.52. The van der Waals surface area contributed by atoms with Crippen LogP contribution in [0.5, 0.6) is 0 Å². The Morgan fingerprint density at radius 3 is 2.46 bits per heavy atom. The highest BCUT2D eigenvalue weighted by Gasteiger charge is 2.18. The van der Waals surface area contributed by atoms with Crippen LogP contribution in [-0.4, -0.2) is 42.7 Å². The number of aliphatic hydroxyl groups is 1. The van der Waals surface area contributed by atoms with Crippen LogP contribution < -0.4 is 16.4 Å². The van der Waals surface area contributed by atoms with E-state index in [0.29, 0.717) is 0 Å². The summed E-state index contributed by atoms with van der Waals surface area (Å²) in [5.74, 6) is -0.857. The Morgan fingerprint density at radius 2 is 2.08 bits per heavy atom. The number of carbonyl (C=O) groups is 2. The molecule has 0 spiro atoms. The number of amides is 2. The molecule has 0 aromatic rings. The maximum absolute atomic E-state index is 11.0. The minimum Gasteiger partial charge on any atom is -0.391 e. The molecule has 0 fully saturated rings. The van der Waals surface area contributed by atoms with Gasteiger partial charge in [-0.25, -0.2) is 0 Å². The second-order valence-corrected chi connectivity index (χ2v) is 2.66. The normalized spacial score (nSPS) is 14.5. The van der Waals surface area contributed by atoms with E-state index in [-0.39, 0.29) is 12.5 Å². The summed E-state index contributed by atoms with van der Waals surface area (Å²) in [4.78, 5) is 21.7. The molecule has 0 rings (SSSR count). The van der Waals surface area contributed by atoms with Gasteiger partial charge in [0.05, 0.1) is 12.6 Å². The fourth-order valence-electron chi connectivity index (χ4n) is 0.593. The van der Waals surface area contributed by atoms with E-state index >= 15 is 0 Å². The minimum absolute atomic E-state index is 0.129. The van der Waals surface area contributed by atoms with Crippen LogP contribution in [0.1, 0.15) is 6.92 Å². The van der Waals surface area contributed by atoms with E-state index in [4.69, 9.17) is 10.8 Å². The molecule has 0 aliphatic heterocycles. The Bertz CT molecular complexity index is 193. The molecule has 0 aliphatic carbocycles. The molecule has 0 bridgehead atoms. The first-order valence-electron chi connectivity index (χ1n) is 3.91. The van der Waals surface area contributed by atoms with Gasteiger partial charge in [-0.05, 0) is 6.92 Å². The van der Waals surface area contributed by atoms with Crippen molar-refractivity contribution in [2.45, 2.75) is 19.1 Å². The summed E-state index contributed by atoms with van der Waals surface area (Å²) in [6.45, 7) is 1.28. The zero-order valence-electron chi connectivity index (χ0n) is 7.70. The molecule has 0 aromatic carbocycles. The van der Waals surface area contributed by atoms with E-state index in [2.05, 4.69) is 10.6 Å². The standard InChI is InChI=1S/C7H15N3O3/c1-4(11)6(8)7(13)10-3-5(12)9-2/h4,6,11H,3,8H2,1-2H3,(H,9,12)(H,10,13)/t4-,6+/m1/s1. The molecule has 0 saturated carbocycles. The Labute approximate surface area is 76.5 Å². The van der Waals surface area contributed by atoms with Gasteiger partial charge in [0.15, 0.2) is 0 Å². The van der Waals surface area contributed by atoms with Crippen LogP contribution in [0.15, 0.2) is 0 Å². The van der Waals surface area contributed by atoms with Crippen LogP contribution in [-0.2, 0) is 9.59 Å². The van der Waals surface area contributed by atoms with E-state index in [0.717, 1.165) is 0 Å². The number of nitrogens with two attached hydrogens (primary N) is 1.